The molecule has 15 heteroatoms. The van der Waals surface area contributed by atoms with E-state index in [1.165, 1.54) is 18.7 Å². The fourth-order valence-electron chi connectivity index (χ4n) is 4.53. The molecular formula is C22H36N5O9P. The highest BCUT2D eigenvalue weighted by Gasteiger charge is 2.49. The largest absolute Gasteiger partial charge is 0.463 e. The van der Waals surface area contributed by atoms with E-state index in [4.69, 9.17) is 18.9 Å². The van der Waals surface area contributed by atoms with Crippen molar-refractivity contribution in [1.29, 1.82) is 0 Å². The summed E-state index contributed by atoms with van der Waals surface area (Å²) < 4.78 is 35.2. The van der Waals surface area contributed by atoms with Gasteiger partial charge < -0.3 is 44.3 Å². The summed E-state index contributed by atoms with van der Waals surface area (Å²) >= 11 is 0. The molecule has 2 aliphatic rings. The Balaban J connectivity index is 1.59. The Labute approximate surface area is 214 Å². The van der Waals surface area contributed by atoms with Crippen LogP contribution >= 0.6 is 7.60 Å². The minimum Gasteiger partial charge on any atom is -0.463 e. The molecule has 2 aromatic heterocycles. The molecule has 0 spiro atoms. The number of aliphatic hydroxyl groups is 2. The number of methoxy groups -OCH3 is 1. The number of aromatic nitrogens is 4. The van der Waals surface area contributed by atoms with E-state index in [0.717, 1.165) is 32.1 Å². The van der Waals surface area contributed by atoms with Crippen LogP contribution in [0.25, 0.3) is 11.0 Å². The van der Waals surface area contributed by atoms with E-state index < -0.39 is 44.1 Å². The lowest BCUT2D eigenvalue weighted by molar-refractivity contribution is -0.107. The highest BCUT2D eigenvalue weighted by atomic mass is 31.2. The van der Waals surface area contributed by atoms with Crippen LogP contribution in [-0.2, 0) is 18.8 Å². The number of ether oxygens (including phenoxy) is 4. The number of anilines is 1. The van der Waals surface area contributed by atoms with E-state index >= 15 is 0 Å². The van der Waals surface area contributed by atoms with Gasteiger partial charge in [0.05, 0.1) is 31.4 Å². The molecule has 1 unspecified atom stereocenters. The van der Waals surface area contributed by atoms with Gasteiger partial charge in [-0.15, -0.1) is 0 Å². The maximum atomic E-state index is 11.9. The lowest BCUT2D eigenvalue weighted by Gasteiger charge is -2.31. The summed E-state index contributed by atoms with van der Waals surface area (Å²) in [5.74, 6) is 0.569. The lowest BCUT2D eigenvalue weighted by Crippen LogP contribution is -2.40. The van der Waals surface area contributed by atoms with Gasteiger partial charge in [-0.25, -0.2) is 4.68 Å². The van der Waals surface area contributed by atoms with Gasteiger partial charge in [0.15, 0.2) is 17.2 Å². The molecule has 0 aromatic carbocycles. The van der Waals surface area contributed by atoms with Crippen LogP contribution in [0.3, 0.4) is 0 Å². The molecular weight excluding hydrogens is 509 g/mol. The van der Waals surface area contributed by atoms with Crippen LogP contribution in [0.15, 0.2) is 6.20 Å². The van der Waals surface area contributed by atoms with E-state index in [0.29, 0.717) is 23.5 Å². The fourth-order valence-corrected chi connectivity index (χ4v) is 5.07. The summed E-state index contributed by atoms with van der Waals surface area (Å²) in [6, 6.07) is 0.425. The van der Waals surface area contributed by atoms with Gasteiger partial charge >= 0.3 is 13.6 Å². The second kappa shape index (κ2) is 11.5. The van der Waals surface area contributed by atoms with Gasteiger partial charge in [0.1, 0.15) is 24.1 Å². The summed E-state index contributed by atoms with van der Waals surface area (Å²) in [6.45, 7) is 2.80. The smallest absolute Gasteiger partial charge is 0.359 e. The van der Waals surface area contributed by atoms with Crippen LogP contribution in [0.2, 0.25) is 0 Å². The molecule has 5 N–H and O–H groups in total. The standard InChI is InChI=1S/C22H36N5O9P/c1-4-9-34-21-25-18(24-13-7-5-6-8-13)14-10-23-27(19(14)26-21)20-17(29)16(28)15(36-20)11-35-22(2,12-33-3)37(30,31)32/h10,13,15-17,20,28-29H,4-9,11-12H2,1-3H3,(H,24,25,26)(H2,30,31,32)/t15-,16-,17-,20-,22?/m1/s1. The zero-order valence-corrected chi connectivity index (χ0v) is 22.1. The average molecular weight is 546 g/mol. The number of aliphatic hydroxyl groups excluding tert-OH is 2. The predicted octanol–water partition coefficient (Wildman–Crippen LogP) is 1.15. The Morgan fingerprint density at radius 2 is 1.97 bits per heavy atom. The van der Waals surface area contributed by atoms with Crippen LogP contribution in [0.4, 0.5) is 5.82 Å². The molecule has 37 heavy (non-hydrogen) atoms. The Morgan fingerprint density at radius 1 is 1.24 bits per heavy atom. The molecule has 1 saturated carbocycles. The normalized spacial score (nSPS) is 26.6. The Kier molecular flexibility index (Phi) is 8.71. The van der Waals surface area contributed by atoms with Crippen molar-refractivity contribution >= 4 is 24.4 Å². The highest BCUT2D eigenvalue weighted by molar-refractivity contribution is 7.53. The van der Waals surface area contributed by atoms with Gasteiger partial charge in [-0.05, 0) is 26.2 Å². The first-order valence-electron chi connectivity index (χ1n) is 12.4. The molecule has 3 heterocycles. The molecule has 0 amide bonds. The van der Waals surface area contributed by atoms with Crippen molar-refractivity contribution in [3.8, 4) is 6.01 Å². The van der Waals surface area contributed by atoms with Gasteiger partial charge in [0.25, 0.3) is 0 Å². The lowest BCUT2D eigenvalue weighted by atomic mass is 10.1. The molecule has 2 aromatic rings. The average Bonchev–Trinajstić information content (AvgIpc) is 3.57. The molecule has 1 aliphatic heterocycles. The van der Waals surface area contributed by atoms with Crippen LogP contribution in [-0.4, -0.2) is 96.4 Å². The van der Waals surface area contributed by atoms with Crippen LogP contribution < -0.4 is 10.1 Å². The van der Waals surface area contributed by atoms with Crippen molar-refractivity contribution in [1.82, 2.24) is 19.7 Å². The third-order valence-corrected chi connectivity index (χ3v) is 8.22. The molecule has 1 saturated heterocycles. The SMILES string of the molecule is CCCOc1nc(NC2CCCC2)c2cnn([C@@H]3O[C@H](COC(C)(COC)P(=O)(O)O)[C@@H](O)[C@H]3O)c2n1. The van der Waals surface area contributed by atoms with Gasteiger partial charge in [-0.1, -0.05) is 19.8 Å². The highest BCUT2D eigenvalue weighted by Crippen LogP contribution is 2.51. The molecule has 2 fully saturated rings. The first kappa shape index (κ1) is 28.1. The monoisotopic (exact) mass is 545 g/mol. The minimum atomic E-state index is -4.73. The second-order valence-corrected chi connectivity index (χ2v) is 11.7. The van der Waals surface area contributed by atoms with Crippen molar-refractivity contribution in [2.75, 3.05) is 32.2 Å². The fraction of sp³-hybridized carbons (Fsp3) is 0.773. The van der Waals surface area contributed by atoms with Gasteiger partial charge in [-0.3, -0.25) is 4.57 Å². The summed E-state index contributed by atoms with van der Waals surface area (Å²) in [6.07, 6.45) is 1.59. The van der Waals surface area contributed by atoms with E-state index in [1.54, 1.807) is 6.20 Å². The minimum absolute atomic E-state index is 0.154. The topological polar surface area (TPSA) is 191 Å². The number of nitrogens with zero attached hydrogens (tertiary/aromatic N) is 4. The van der Waals surface area contributed by atoms with E-state index in [2.05, 4.69) is 20.4 Å². The van der Waals surface area contributed by atoms with Crippen LogP contribution in [0.1, 0.15) is 52.2 Å². The number of fused-ring (bicyclic) bond motifs is 1. The number of rotatable bonds is 12. The van der Waals surface area contributed by atoms with E-state index in [1.807, 2.05) is 6.92 Å². The van der Waals surface area contributed by atoms with Crippen LogP contribution in [0.5, 0.6) is 6.01 Å². The molecule has 5 atom stereocenters. The second-order valence-electron chi connectivity index (χ2n) is 9.66. The molecule has 1 aliphatic carbocycles. The maximum Gasteiger partial charge on any atom is 0.359 e. The molecule has 14 nitrogen and oxygen atoms in total. The number of hydrogen-bond acceptors (Lipinski definition) is 11. The van der Waals surface area contributed by atoms with Crippen LogP contribution in [0, 0.1) is 0 Å². The zero-order valence-electron chi connectivity index (χ0n) is 21.2. The number of hydrogen-bond donors (Lipinski definition) is 5. The third kappa shape index (κ3) is 5.91. The van der Waals surface area contributed by atoms with Gasteiger partial charge in [-0.2, -0.15) is 15.1 Å². The molecule has 0 radical (unpaired) electrons. The van der Waals surface area contributed by atoms with Crippen molar-refractivity contribution < 1.29 is 43.5 Å². The first-order valence-corrected chi connectivity index (χ1v) is 14.0. The summed E-state index contributed by atoms with van der Waals surface area (Å²) in [4.78, 5) is 28.4. The number of nitrogens with one attached hydrogen (secondary N) is 1. The maximum absolute atomic E-state index is 11.9. The Hall–Kier alpha value is -1.90. The van der Waals surface area contributed by atoms with Crippen molar-refractivity contribution in [3.63, 3.8) is 0 Å². The van der Waals surface area contributed by atoms with Crippen molar-refractivity contribution in [2.45, 2.75) is 81.9 Å². The third-order valence-electron chi connectivity index (χ3n) is 6.73. The van der Waals surface area contributed by atoms with Gasteiger partial charge in [0.2, 0.25) is 0 Å². The van der Waals surface area contributed by atoms with Crippen molar-refractivity contribution in [2.24, 2.45) is 0 Å². The first-order chi connectivity index (χ1) is 17.6. The summed E-state index contributed by atoms with van der Waals surface area (Å²) in [7, 11) is -3.44. The van der Waals surface area contributed by atoms with Crippen molar-refractivity contribution in [3.05, 3.63) is 6.20 Å². The van der Waals surface area contributed by atoms with E-state index in [-0.39, 0.29) is 18.7 Å². The molecule has 0 bridgehead atoms. The zero-order chi connectivity index (χ0) is 26.8. The summed E-state index contributed by atoms with van der Waals surface area (Å²) in [5, 5.41) is 27.9. The summed E-state index contributed by atoms with van der Waals surface area (Å²) in [5.41, 5.74) is 0.346. The van der Waals surface area contributed by atoms with Gasteiger partial charge in [0, 0.05) is 13.2 Å². The predicted molar refractivity (Wildman–Crippen MR) is 131 cm³/mol. The molecule has 208 valence electrons. The van der Waals surface area contributed by atoms with E-state index in [9.17, 15) is 24.6 Å². The molecule has 4 rings (SSSR count). The quantitative estimate of drug-likeness (QED) is 0.239. The Morgan fingerprint density at radius 3 is 2.62 bits per heavy atom. The Bertz CT molecular complexity index is 1110.